The summed E-state index contributed by atoms with van der Waals surface area (Å²) in [4.78, 5) is 10.6. The number of terminal acetylenes is 1. The van der Waals surface area contributed by atoms with Crippen LogP contribution in [-0.2, 0) is 6.54 Å². The Morgan fingerprint density at radius 1 is 1.43 bits per heavy atom. The highest BCUT2D eigenvalue weighted by Crippen LogP contribution is 2.28. The number of ether oxygens (including phenoxy) is 1. The molecule has 0 atom stereocenters. The summed E-state index contributed by atoms with van der Waals surface area (Å²) < 4.78 is 5.51. The van der Waals surface area contributed by atoms with Crippen molar-refractivity contribution in [3.63, 3.8) is 0 Å². The molecule has 0 saturated heterocycles. The predicted molar refractivity (Wildman–Crippen MR) is 83.3 cm³/mol. The van der Waals surface area contributed by atoms with Gasteiger partial charge in [0.25, 0.3) is 0 Å². The van der Waals surface area contributed by atoms with Crippen LogP contribution in [0.4, 0.5) is 5.69 Å². The second-order valence-electron chi connectivity index (χ2n) is 5.82. The van der Waals surface area contributed by atoms with E-state index in [1.165, 1.54) is 6.07 Å². The number of hydrogen-bond donors (Lipinski definition) is 1. The highest BCUT2D eigenvalue weighted by Gasteiger charge is 2.16. The Kier molecular flexibility index (Phi) is 6.19. The molecule has 1 rings (SSSR count). The Morgan fingerprint density at radius 2 is 2.14 bits per heavy atom. The molecule has 0 saturated carbocycles. The number of hydrogen-bond acceptors (Lipinski definition) is 4. The predicted octanol–water partition coefficient (Wildman–Crippen LogP) is 3.28. The molecule has 114 valence electrons. The van der Waals surface area contributed by atoms with E-state index >= 15 is 0 Å². The molecule has 1 aromatic rings. The monoisotopic (exact) mass is 290 g/mol. The lowest BCUT2D eigenvalue weighted by atomic mass is 10.1. The molecule has 0 aromatic heterocycles. The first kappa shape index (κ1) is 17.0. The largest absolute Gasteiger partial charge is 0.487 e. The van der Waals surface area contributed by atoms with E-state index < -0.39 is 4.92 Å². The first-order valence-corrected chi connectivity index (χ1v) is 6.92. The molecular weight excluding hydrogens is 268 g/mol. The van der Waals surface area contributed by atoms with E-state index in [1.807, 2.05) is 0 Å². The van der Waals surface area contributed by atoms with Crippen molar-refractivity contribution in [2.45, 2.75) is 45.7 Å². The summed E-state index contributed by atoms with van der Waals surface area (Å²) in [6, 6.07) is 4.94. The van der Waals surface area contributed by atoms with E-state index in [-0.39, 0.29) is 11.2 Å². The van der Waals surface area contributed by atoms with E-state index in [0.717, 1.165) is 5.56 Å². The molecule has 0 radical (unpaired) electrons. The molecule has 0 aliphatic carbocycles. The molecule has 0 unspecified atom stereocenters. The second-order valence-corrected chi connectivity index (χ2v) is 5.82. The molecule has 0 aliphatic rings. The number of nitro groups is 1. The van der Waals surface area contributed by atoms with Crippen LogP contribution < -0.4 is 10.1 Å². The first-order valence-electron chi connectivity index (χ1n) is 6.92. The maximum Gasteiger partial charge on any atom is 0.310 e. The maximum absolute atomic E-state index is 11.0. The average Bonchev–Trinajstić information content (AvgIpc) is 2.40. The van der Waals surface area contributed by atoms with Crippen LogP contribution in [0.5, 0.6) is 5.75 Å². The van der Waals surface area contributed by atoms with Crippen LogP contribution in [0.1, 0.15) is 39.2 Å². The molecule has 5 heteroatoms. The van der Waals surface area contributed by atoms with E-state index in [4.69, 9.17) is 11.2 Å². The number of nitro benzene ring substituents is 1. The van der Waals surface area contributed by atoms with Gasteiger partial charge in [-0.3, -0.25) is 10.1 Å². The van der Waals surface area contributed by atoms with Crippen molar-refractivity contribution in [3.05, 3.63) is 33.9 Å². The van der Waals surface area contributed by atoms with Gasteiger partial charge in [0.2, 0.25) is 0 Å². The van der Waals surface area contributed by atoms with Gasteiger partial charge in [0.05, 0.1) is 11.5 Å². The van der Waals surface area contributed by atoms with Crippen molar-refractivity contribution in [1.82, 2.24) is 5.32 Å². The normalized spacial score (nSPS) is 11.0. The van der Waals surface area contributed by atoms with Crippen LogP contribution in [0.2, 0.25) is 0 Å². The van der Waals surface area contributed by atoms with Gasteiger partial charge in [-0.05, 0) is 38.8 Å². The third-order valence-corrected chi connectivity index (χ3v) is 2.77. The highest BCUT2D eigenvalue weighted by molar-refractivity contribution is 5.48. The van der Waals surface area contributed by atoms with Crippen molar-refractivity contribution < 1.29 is 9.66 Å². The minimum absolute atomic E-state index is 0.0183. The zero-order chi connectivity index (χ0) is 15.9. The first-order chi connectivity index (χ1) is 9.83. The quantitative estimate of drug-likeness (QED) is 0.362. The van der Waals surface area contributed by atoms with E-state index in [2.05, 4.69) is 32.0 Å². The third-order valence-electron chi connectivity index (χ3n) is 2.77. The lowest BCUT2D eigenvalue weighted by molar-refractivity contribution is -0.385. The maximum atomic E-state index is 11.0. The molecule has 0 bridgehead atoms. The number of benzene rings is 1. The van der Waals surface area contributed by atoms with Gasteiger partial charge in [-0.15, -0.1) is 12.3 Å². The van der Waals surface area contributed by atoms with Gasteiger partial charge in [0.1, 0.15) is 0 Å². The summed E-state index contributed by atoms with van der Waals surface area (Å²) in [5.74, 6) is 2.81. The smallest absolute Gasteiger partial charge is 0.310 e. The Balaban J connectivity index is 2.80. The molecular formula is C16H22N2O3. The lowest BCUT2D eigenvalue weighted by Gasteiger charge is -2.20. The number of unbranched alkanes of at least 4 members (excludes halogenated alkanes) is 1. The van der Waals surface area contributed by atoms with Crippen LogP contribution in [0.3, 0.4) is 0 Å². The van der Waals surface area contributed by atoms with Crippen LogP contribution in [0, 0.1) is 22.5 Å². The number of nitrogens with one attached hydrogen (secondary N) is 1. The molecule has 1 aromatic carbocycles. The van der Waals surface area contributed by atoms with Gasteiger partial charge in [-0.25, -0.2) is 0 Å². The lowest BCUT2D eigenvalue weighted by Crippen LogP contribution is -2.35. The van der Waals surface area contributed by atoms with Gasteiger partial charge >= 0.3 is 5.69 Å². The number of nitrogens with zero attached hydrogens (tertiary/aromatic N) is 1. The van der Waals surface area contributed by atoms with Crippen LogP contribution >= 0.6 is 0 Å². The van der Waals surface area contributed by atoms with Gasteiger partial charge in [-0.2, -0.15) is 0 Å². The van der Waals surface area contributed by atoms with Gasteiger partial charge in [0, 0.05) is 24.6 Å². The summed E-state index contributed by atoms with van der Waals surface area (Å²) in [5, 5.41) is 14.4. The molecule has 0 fully saturated rings. The summed E-state index contributed by atoms with van der Waals surface area (Å²) >= 11 is 0. The van der Waals surface area contributed by atoms with E-state index in [9.17, 15) is 10.1 Å². The average molecular weight is 290 g/mol. The van der Waals surface area contributed by atoms with Crippen LogP contribution in [0.15, 0.2) is 18.2 Å². The molecule has 1 N–H and O–H groups in total. The van der Waals surface area contributed by atoms with Crippen molar-refractivity contribution in [1.29, 1.82) is 0 Å². The molecule has 0 amide bonds. The number of rotatable bonds is 7. The van der Waals surface area contributed by atoms with Crippen LogP contribution in [0.25, 0.3) is 0 Å². The van der Waals surface area contributed by atoms with Crippen molar-refractivity contribution in [3.8, 4) is 18.1 Å². The van der Waals surface area contributed by atoms with E-state index in [0.29, 0.717) is 31.7 Å². The zero-order valence-corrected chi connectivity index (χ0v) is 12.8. The molecule has 0 aliphatic heterocycles. The fourth-order valence-electron chi connectivity index (χ4n) is 1.66. The van der Waals surface area contributed by atoms with Crippen molar-refractivity contribution in [2.24, 2.45) is 0 Å². The third kappa shape index (κ3) is 6.28. The van der Waals surface area contributed by atoms with Crippen molar-refractivity contribution in [2.75, 3.05) is 6.61 Å². The Morgan fingerprint density at radius 3 is 2.71 bits per heavy atom. The SMILES string of the molecule is C#CCCCOc1cc(CNC(C)(C)C)ccc1[N+](=O)[O-]. The molecule has 5 nitrogen and oxygen atoms in total. The second kappa shape index (κ2) is 7.65. The van der Waals surface area contributed by atoms with Gasteiger partial charge < -0.3 is 10.1 Å². The fraction of sp³-hybridized carbons (Fsp3) is 0.500. The van der Waals surface area contributed by atoms with Gasteiger partial charge in [-0.1, -0.05) is 6.07 Å². The minimum atomic E-state index is -0.433. The molecule has 0 spiro atoms. The summed E-state index contributed by atoms with van der Waals surface area (Å²) in [6.45, 7) is 7.20. The Hall–Kier alpha value is -2.06. The van der Waals surface area contributed by atoms with E-state index in [1.54, 1.807) is 12.1 Å². The summed E-state index contributed by atoms with van der Waals surface area (Å²) in [5.41, 5.74) is 0.910. The molecule has 0 heterocycles. The molecule has 21 heavy (non-hydrogen) atoms. The Bertz CT molecular complexity index is 527. The minimum Gasteiger partial charge on any atom is -0.487 e. The summed E-state index contributed by atoms with van der Waals surface area (Å²) in [6.07, 6.45) is 6.44. The zero-order valence-electron chi connectivity index (χ0n) is 12.8. The standard InChI is InChI=1S/C16H22N2O3/c1-5-6-7-10-21-15-11-13(12-17-16(2,3)4)8-9-14(15)18(19)20/h1,8-9,11,17H,6-7,10,12H2,2-4H3. The highest BCUT2D eigenvalue weighted by atomic mass is 16.6. The topological polar surface area (TPSA) is 64.4 Å². The Labute approximate surface area is 125 Å². The van der Waals surface area contributed by atoms with Crippen molar-refractivity contribution >= 4 is 5.69 Å². The fourth-order valence-corrected chi connectivity index (χ4v) is 1.66. The van der Waals surface area contributed by atoms with Crippen LogP contribution in [-0.4, -0.2) is 17.1 Å². The summed E-state index contributed by atoms with van der Waals surface area (Å²) in [7, 11) is 0. The van der Waals surface area contributed by atoms with Gasteiger partial charge in [0.15, 0.2) is 5.75 Å².